The zero-order chi connectivity index (χ0) is 44.5. The summed E-state index contributed by atoms with van der Waals surface area (Å²) in [6, 6.07) is 17.6. The van der Waals surface area contributed by atoms with Gasteiger partial charge < -0.3 is 32.8 Å². The van der Waals surface area contributed by atoms with Crippen LogP contribution in [0.3, 0.4) is 0 Å². The highest BCUT2D eigenvalue weighted by molar-refractivity contribution is 6.32. The van der Waals surface area contributed by atoms with E-state index in [-0.39, 0.29) is 66.7 Å². The Morgan fingerprint density at radius 1 is 0.825 bits per heavy atom. The Morgan fingerprint density at radius 3 is 2.10 bits per heavy atom. The molecule has 0 aliphatic heterocycles. The summed E-state index contributed by atoms with van der Waals surface area (Å²) >= 11 is 6.40. The number of halogens is 3. The largest absolute Gasteiger partial charge is 0.490 e. The standard InChI is InChI=1S/C46H38ClF2N7O7/c1-23(2)59-36-12-6-25(16-29(36)20-50)45-52-43(54-62-45)31-10-11-35(49)40-28(22-56(5)42(31)40)9-15-39(58)61-38(57)14-8-27-21-51-41-32(27)18-30(48)19-33(41)44-53-46(63-55-44)26-7-13-37(34(47)17-26)60-24(3)4/h6-7,10-13,16-19,21-24,51H,8-9,14-15H2,1-5H3. The fourth-order valence-corrected chi connectivity index (χ4v) is 7.53. The van der Waals surface area contributed by atoms with Crippen LogP contribution in [0.15, 0.2) is 82.1 Å². The summed E-state index contributed by atoms with van der Waals surface area (Å²) < 4.78 is 59.8. The van der Waals surface area contributed by atoms with Gasteiger partial charge >= 0.3 is 11.9 Å². The molecule has 320 valence electrons. The quantitative estimate of drug-likeness (QED) is 0.0807. The minimum Gasteiger partial charge on any atom is -0.490 e. The number of carbonyl (C=O) groups is 2. The fourth-order valence-electron chi connectivity index (χ4n) is 7.30. The Bertz CT molecular complexity index is 3090. The molecule has 14 nitrogen and oxygen atoms in total. The maximum Gasteiger partial charge on any atom is 0.313 e. The second-order valence-corrected chi connectivity index (χ2v) is 15.7. The number of aromatic nitrogens is 6. The van der Waals surface area contributed by atoms with Crippen molar-refractivity contribution < 1.29 is 41.6 Å². The molecule has 0 fully saturated rings. The van der Waals surface area contributed by atoms with Crippen LogP contribution in [0.2, 0.25) is 5.02 Å². The van der Waals surface area contributed by atoms with Gasteiger partial charge in [0, 0.05) is 52.5 Å². The SMILES string of the molecule is CC(C)Oc1ccc(-c2nc(-c3cc(F)cc4c(CCC(=O)OC(=O)CCc5cn(C)c6c(-c7noc(-c8ccc(OC(C)C)c(C#N)c8)n7)ccc(F)c56)c[nH]c34)no2)cc1Cl. The van der Waals surface area contributed by atoms with Gasteiger partial charge in [0.15, 0.2) is 0 Å². The molecular weight excluding hydrogens is 836 g/mol. The molecule has 4 aromatic carbocycles. The molecule has 0 spiro atoms. The molecule has 0 aliphatic carbocycles. The molecule has 0 unspecified atom stereocenters. The molecule has 4 aromatic heterocycles. The molecule has 0 radical (unpaired) electrons. The molecule has 0 bridgehead atoms. The molecule has 17 heteroatoms. The van der Waals surface area contributed by atoms with Gasteiger partial charge in [-0.2, -0.15) is 15.2 Å². The Hall–Kier alpha value is -7.38. The van der Waals surface area contributed by atoms with Crippen LogP contribution in [-0.2, 0) is 34.2 Å². The van der Waals surface area contributed by atoms with E-state index in [9.17, 15) is 14.9 Å². The van der Waals surface area contributed by atoms with Gasteiger partial charge in [-0.25, -0.2) is 8.78 Å². The zero-order valence-electron chi connectivity index (χ0n) is 34.6. The van der Waals surface area contributed by atoms with Crippen molar-refractivity contribution in [3.05, 3.63) is 106 Å². The monoisotopic (exact) mass is 873 g/mol. The second-order valence-electron chi connectivity index (χ2n) is 15.3. The number of aromatic amines is 1. The smallest absolute Gasteiger partial charge is 0.313 e. The number of nitrogens with one attached hydrogen (secondary N) is 1. The summed E-state index contributed by atoms with van der Waals surface area (Å²) in [5.41, 5.74) is 4.25. The van der Waals surface area contributed by atoms with E-state index >= 15 is 8.78 Å². The average Bonchev–Trinajstić information content (AvgIpc) is 4.07. The van der Waals surface area contributed by atoms with Gasteiger partial charge in [-0.05, 0) is 112 Å². The van der Waals surface area contributed by atoms with Gasteiger partial charge in [0.05, 0.1) is 46.7 Å². The van der Waals surface area contributed by atoms with Crippen molar-refractivity contribution in [2.45, 2.75) is 65.6 Å². The molecule has 63 heavy (non-hydrogen) atoms. The minimum atomic E-state index is -0.790. The fraction of sp³-hybridized carbons (Fsp3) is 0.239. The predicted molar refractivity (Wildman–Crippen MR) is 228 cm³/mol. The first-order valence-corrected chi connectivity index (χ1v) is 20.3. The second kappa shape index (κ2) is 17.5. The normalized spacial score (nSPS) is 11.5. The van der Waals surface area contributed by atoms with E-state index < -0.39 is 23.6 Å². The molecule has 1 N–H and O–H groups in total. The van der Waals surface area contributed by atoms with Crippen molar-refractivity contribution in [1.82, 2.24) is 29.8 Å². The average molecular weight is 874 g/mol. The number of H-pyrrole nitrogens is 1. The molecule has 0 atom stereocenters. The molecule has 8 rings (SSSR count). The molecule has 8 aromatic rings. The zero-order valence-corrected chi connectivity index (χ0v) is 35.3. The van der Waals surface area contributed by atoms with E-state index in [1.807, 2.05) is 27.7 Å². The summed E-state index contributed by atoms with van der Waals surface area (Å²) in [6.45, 7) is 7.50. The van der Waals surface area contributed by atoms with Crippen molar-refractivity contribution in [2.24, 2.45) is 7.05 Å². The topological polar surface area (TPSA) is 184 Å². The molecule has 4 heterocycles. The van der Waals surface area contributed by atoms with Crippen LogP contribution < -0.4 is 9.47 Å². The summed E-state index contributed by atoms with van der Waals surface area (Å²) in [5, 5.41) is 19.0. The summed E-state index contributed by atoms with van der Waals surface area (Å²) in [4.78, 5) is 37.9. The Kier molecular flexibility index (Phi) is 11.8. The van der Waals surface area contributed by atoms with Crippen LogP contribution in [-0.4, -0.2) is 54.0 Å². The first-order chi connectivity index (χ1) is 30.3. The third kappa shape index (κ3) is 8.86. The number of esters is 2. The lowest BCUT2D eigenvalue weighted by atomic mass is 10.0. The van der Waals surface area contributed by atoms with E-state index in [4.69, 9.17) is 34.9 Å². The maximum atomic E-state index is 15.5. The molecule has 0 amide bonds. The van der Waals surface area contributed by atoms with Crippen LogP contribution in [0.4, 0.5) is 8.78 Å². The van der Waals surface area contributed by atoms with Crippen LogP contribution in [0.1, 0.15) is 57.2 Å². The number of nitriles is 1. The van der Waals surface area contributed by atoms with E-state index in [1.54, 1.807) is 60.4 Å². The number of carbonyl (C=O) groups excluding carboxylic acids is 2. The first kappa shape index (κ1) is 42.3. The van der Waals surface area contributed by atoms with Gasteiger partial charge in [0.2, 0.25) is 11.6 Å². The van der Waals surface area contributed by atoms with Gasteiger partial charge in [-0.15, -0.1) is 0 Å². The van der Waals surface area contributed by atoms with Crippen LogP contribution in [0.5, 0.6) is 11.5 Å². The highest BCUT2D eigenvalue weighted by Crippen LogP contribution is 2.36. The van der Waals surface area contributed by atoms with Crippen LogP contribution >= 0.6 is 11.6 Å². The maximum absolute atomic E-state index is 15.5. The Balaban J connectivity index is 0.915. The number of rotatable bonds is 14. The van der Waals surface area contributed by atoms with Crippen molar-refractivity contribution in [2.75, 3.05) is 0 Å². The minimum absolute atomic E-state index is 0.0657. The van der Waals surface area contributed by atoms with E-state index in [0.29, 0.717) is 71.9 Å². The first-order valence-electron chi connectivity index (χ1n) is 19.9. The van der Waals surface area contributed by atoms with Crippen molar-refractivity contribution >= 4 is 45.3 Å². The molecular formula is C46H38ClF2N7O7. The number of ether oxygens (including phenoxy) is 3. The number of aryl methyl sites for hydroxylation is 3. The molecule has 0 aliphatic rings. The number of hydrogen-bond acceptors (Lipinski definition) is 12. The highest BCUT2D eigenvalue weighted by Gasteiger charge is 2.23. The third-order valence-corrected chi connectivity index (χ3v) is 10.3. The lowest BCUT2D eigenvalue weighted by Gasteiger charge is -2.11. The number of fused-ring (bicyclic) bond motifs is 2. The number of benzene rings is 4. The number of hydrogen-bond donors (Lipinski definition) is 1. The Labute approximate surface area is 363 Å². The van der Waals surface area contributed by atoms with Gasteiger partial charge in [-0.1, -0.05) is 21.9 Å². The summed E-state index contributed by atoms with van der Waals surface area (Å²) in [7, 11) is 1.73. The van der Waals surface area contributed by atoms with Crippen molar-refractivity contribution in [1.29, 1.82) is 5.26 Å². The summed E-state index contributed by atoms with van der Waals surface area (Å²) in [6.07, 6.45) is 2.93. The molecule has 0 saturated heterocycles. The van der Waals surface area contributed by atoms with Gasteiger partial charge in [-0.3, -0.25) is 9.59 Å². The van der Waals surface area contributed by atoms with E-state index in [0.717, 1.165) is 0 Å². The molecule has 0 saturated carbocycles. The third-order valence-electron chi connectivity index (χ3n) is 10.00. The Morgan fingerprint density at radius 2 is 1.44 bits per heavy atom. The van der Waals surface area contributed by atoms with Gasteiger partial charge in [0.25, 0.3) is 11.8 Å². The van der Waals surface area contributed by atoms with E-state index in [2.05, 4.69) is 31.3 Å². The van der Waals surface area contributed by atoms with Crippen molar-refractivity contribution in [3.63, 3.8) is 0 Å². The van der Waals surface area contributed by atoms with Crippen molar-refractivity contribution in [3.8, 4) is 63.3 Å². The van der Waals surface area contributed by atoms with Gasteiger partial charge in [0.1, 0.15) is 29.2 Å². The highest BCUT2D eigenvalue weighted by atomic mass is 35.5. The van der Waals surface area contributed by atoms with Crippen LogP contribution in [0, 0.1) is 23.0 Å². The van der Waals surface area contributed by atoms with E-state index in [1.165, 1.54) is 24.3 Å². The number of nitrogens with zero attached hydrogens (tertiary/aromatic N) is 6. The van der Waals surface area contributed by atoms with Crippen LogP contribution in [0.25, 0.3) is 67.5 Å². The predicted octanol–water partition coefficient (Wildman–Crippen LogP) is 10.1. The lowest BCUT2D eigenvalue weighted by molar-refractivity contribution is -0.159. The summed E-state index contributed by atoms with van der Waals surface area (Å²) in [5.74, 6) is -1.08. The lowest BCUT2D eigenvalue weighted by Crippen LogP contribution is -2.13.